The Labute approximate surface area is 359 Å². The van der Waals surface area contributed by atoms with E-state index >= 15 is 0 Å². The van der Waals surface area contributed by atoms with Gasteiger partial charge in [-0.25, -0.2) is 33.5 Å². The van der Waals surface area contributed by atoms with Crippen molar-refractivity contribution in [2.75, 3.05) is 36.9 Å². The molecule has 13 nitrogen and oxygen atoms in total. The molecule has 0 spiro atoms. The van der Waals surface area contributed by atoms with Crippen LogP contribution < -0.4 is 10.6 Å². The van der Waals surface area contributed by atoms with Crippen molar-refractivity contribution in [3.63, 3.8) is 0 Å². The van der Waals surface area contributed by atoms with Crippen molar-refractivity contribution in [3.05, 3.63) is 94.8 Å². The maximum absolute atomic E-state index is 12.6. The van der Waals surface area contributed by atoms with Gasteiger partial charge < -0.3 is 26.0 Å². The lowest BCUT2D eigenvalue weighted by molar-refractivity contribution is -0.132. The summed E-state index contributed by atoms with van der Waals surface area (Å²) in [5, 5.41) is 32.4. The fourth-order valence-electron chi connectivity index (χ4n) is 6.24. The number of imidazole rings is 2. The minimum absolute atomic E-state index is 0.0933. The predicted octanol–water partition coefficient (Wildman–Crippen LogP) is 7.75. The smallest absolute Gasteiger partial charge is 0.390 e. The summed E-state index contributed by atoms with van der Waals surface area (Å²) in [4.78, 5) is 40.4. The summed E-state index contributed by atoms with van der Waals surface area (Å²) >= 11 is 0. The lowest BCUT2D eigenvalue weighted by Crippen LogP contribution is -2.16. The minimum atomic E-state index is -4.34. The third-order valence-corrected chi connectivity index (χ3v) is 9.14. The summed E-state index contributed by atoms with van der Waals surface area (Å²) in [5.74, 6) is 8.96. The Morgan fingerprint density at radius 2 is 1.16 bits per heavy atom. The van der Waals surface area contributed by atoms with Crippen molar-refractivity contribution < 1.29 is 60.0 Å². The number of alkyl halides is 8. The van der Waals surface area contributed by atoms with Gasteiger partial charge in [-0.05, 0) is 55.0 Å². The molecule has 0 aliphatic rings. The zero-order valence-electron chi connectivity index (χ0n) is 33.9. The number of aliphatic hydroxyl groups is 2. The van der Waals surface area contributed by atoms with Crippen LogP contribution in [0.15, 0.2) is 61.2 Å². The Morgan fingerprint density at radius 3 is 1.53 bits per heavy atom. The standard InChI is InChI=1S/C23H21F5N4O2.C20H17F3N4O3/c1-14-11-15(4-5-17(14)19(34)6-7-20(24)25)18-12-30-22-21(29-9-8-23(26,27)28)31-16(3-2-10-33)13-32(18)22;1-12-9-13(4-5-15(12)19(29)30)16-10-25-18-17(24-7-6-20(21,22)23)26-14(3-2-8-28)11-27(16)18/h4-5,11-13,20,33H,6-10H2,1H3,(H,29,31);4-5,9-11,28H,6-8H2,1H3,(H,24,26)(H,29,30). The fraction of sp³-hybridized carbons (Fsp3) is 0.302. The third-order valence-electron chi connectivity index (χ3n) is 9.14. The molecule has 2 aromatic carbocycles. The summed E-state index contributed by atoms with van der Waals surface area (Å²) in [6, 6.07) is 9.67. The van der Waals surface area contributed by atoms with Crippen molar-refractivity contribution in [3.8, 4) is 46.2 Å². The van der Waals surface area contributed by atoms with Gasteiger partial charge >= 0.3 is 18.3 Å². The predicted molar refractivity (Wildman–Crippen MR) is 219 cm³/mol. The van der Waals surface area contributed by atoms with Crippen molar-refractivity contribution in [1.82, 2.24) is 28.7 Å². The lowest BCUT2D eigenvalue weighted by Gasteiger charge is -2.11. The Kier molecular flexibility index (Phi) is 15.6. The van der Waals surface area contributed by atoms with Gasteiger partial charge in [0.25, 0.3) is 0 Å². The molecular weight excluding hydrogens is 861 g/mol. The van der Waals surface area contributed by atoms with Crippen LogP contribution in [0.3, 0.4) is 0 Å². The number of anilines is 2. The van der Waals surface area contributed by atoms with Crippen molar-refractivity contribution >= 4 is 34.7 Å². The largest absolute Gasteiger partial charge is 0.478 e. The number of hydrogen-bond donors (Lipinski definition) is 5. The van der Waals surface area contributed by atoms with Gasteiger partial charge in [0.1, 0.15) is 24.6 Å². The molecule has 0 aliphatic carbocycles. The van der Waals surface area contributed by atoms with Crippen LogP contribution in [-0.2, 0) is 0 Å². The van der Waals surface area contributed by atoms with Crippen LogP contribution in [0.5, 0.6) is 0 Å². The fourth-order valence-corrected chi connectivity index (χ4v) is 6.24. The van der Waals surface area contributed by atoms with Crippen molar-refractivity contribution in [2.24, 2.45) is 0 Å². The number of ketones is 1. The molecule has 0 saturated carbocycles. The molecule has 64 heavy (non-hydrogen) atoms. The number of aromatic carboxylic acids is 1. The van der Waals surface area contributed by atoms with E-state index < -0.39 is 70.3 Å². The highest BCUT2D eigenvalue weighted by molar-refractivity contribution is 5.98. The molecule has 4 heterocycles. The highest BCUT2D eigenvalue weighted by Crippen LogP contribution is 2.29. The first-order valence-corrected chi connectivity index (χ1v) is 19.1. The van der Waals surface area contributed by atoms with E-state index in [1.807, 2.05) is 0 Å². The molecule has 0 aliphatic heterocycles. The normalized spacial score (nSPS) is 11.4. The number of aryl methyl sites for hydroxylation is 2. The van der Waals surface area contributed by atoms with Crippen LogP contribution >= 0.6 is 0 Å². The number of aromatic nitrogens is 6. The first-order valence-electron chi connectivity index (χ1n) is 19.1. The Bertz CT molecular complexity index is 2780. The molecule has 0 fully saturated rings. The number of aliphatic hydroxyl groups excluding tert-OH is 2. The van der Waals surface area contributed by atoms with E-state index in [1.54, 1.807) is 59.2 Å². The number of nitrogens with one attached hydrogen (secondary N) is 2. The number of halogens is 8. The van der Waals surface area contributed by atoms with Gasteiger partial charge in [-0.15, -0.1) is 0 Å². The average molecular weight is 899 g/mol. The van der Waals surface area contributed by atoms with Gasteiger partial charge in [-0.2, -0.15) is 26.3 Å². The summed E-state index contributed by atoms with van der Waals surface area (Å²) in [5.41, 5.74) is 5.07. The van der Waals surface area contributed by atoms with Gasteiger partial charge in [0.15, 0.2) is 28.7 Å². The van der Waals surface area contributed by atoms with Gasteiger partial charge in [0, 0.05) is 55.0 Å². The molecule has 0 radical (unpaired) electrons. The molecule has 6 rings (SSSR count). The molecule has 21 heteroatoms. The number of hydrogen-bond acceptors (Lipinski definition) is 10. The topological polar surface area (TPSA) is 179 Å². The SMILES string of the molecule is Cc1cc(-c2cnc3c(NCCC(F)(F)F)nc(C#CCO)cn23)ccc1C(=O)CCC(F)F.Cc1cc(-c2cnc3c(NCCC(F)(F)F)nc(C#CCO)cn23)ccc1C(=O)O. The molecular formula is C43H38F8N8O5. The Hall–Kier alpha value is -7.10. The maximum Gasteiger partial charge on any atom is 0.390 e. The van der Waals surface area contributed by atoms with Gasteiger partial charge in [0.05, 0.1) is 42.2 Å². The number of benzene rings is 2. The number of carbonyl (C=O) groups excluding carboxylic acids is 1. The quantitative estimate of drug-likeness (QED) is 0.0435. The second kappa shape index (κ2) is 20.8. The molecule has 0 unspecified atom stereocenters. The zero-order chi connectivity index (χ0) is 46.8. The average Bonchev–Trinajstić information content (AvgIpc) is 3.85. The Balaban J connectivity index is 0.000000243. The number of Topliss-reactive ketones (excluding diaryl/α,β-unsaturated/α-hetero) is 1. The first-order chi connectivity index (χ1) is 30.3. The monoisotopic (exact) mass is 898 g/mol. The highest BCUT2D eigenvalue weighted by atomic mass is 19.4. The van der Waals surface area contributed by atoms with E-state index in [1.165, 1.54) is 24.7 Å². The van der Waals surface area contributed by atoms with Gasteiger partial charge in [-0.3, -0.25) is 13.6 Å². The van der Waals surface area contributed by atoms with Crippen LogP contribution in [0.25, 0.3) is 33.8 Å². The van der Waals surface area contributed by atoms with E-state index in [2.05, 4.69) is 54.3 Å². The molecule has 4 aromatic heterocycles. The Morgan fingerprint density at radius 1 is 0.719 bits per heavy atom. The van der Waals surface area contributed by atoms with Crippen LogP contribution in [0.2, 0.25) is 0 Å². The second-order valence-corrected chi connectivity index (χ2v) is 13.8. The number of carbonyl (C=O) groups is 2. The lowest BCUT2D eigenvalue weighted by atomic mass is 9.98. The third kappa shape index (κ3) is 12.7. The number of nitrogens with zero attached hydrogens (tertiary/aromatic N) is 6. The molecule has 0 saturated heterocycles. The maximum atomic E-state index is 12.6. The summed E-state index contributed by atoms with van der Waals surface area (Å²) in [6.45, 7) is 1.72. The van der Waals surface area contributed by atoms with Gasteiger partial charge in [0.2, 0.25) is 6.43 Å². The molecule has 0 atom stereocenters. The second-order valence-electron chi connectivity index (χ2n) is 13.8. The number of carboxylic acids is 1. The van der Waals surface area contributed by atoms with E-state index in [9.17, 15) is 49.8 Å². The van der Waals surface area contributed by atoms with E-state index in [0.29, 0.717) is 44.9 Å². The van der Waals surface area contributed by atoms with Crippen LogP contribution in [0, 0.1) is 37.5 Å². The number of rotatable bonds is 13. The minimum Gasteiger partial charge on any atom is -0.478 e. The van der Waals surface area contributed by atoms with Crippen LogP contribution in [-0.4, -0.2) is 101 Å². The van der Waals surface area contributed by atoms with E-state index in [4.69, 9.17) is 10.2 Å². The van der Waals surface area contributed by atoms with E-state index in [0.717, 1.165) is 0 Å². The van der Waals surface area contributed by atoms with E-state index in [-0.39, 0.29) is 46.4 Å². The number of fused-ring (bicyclic) bond motifs is 2. The summed E-state index contributed by atoms with van der Waals surface area (Å²) < 4.78 is 103. The number of carboxylic acid groups (broad SMARTS) is 1. The highest BCUT2D eigenvalue weighted by Gasteiger charge is 2.28. The van der Waals surface area contributed by atoms with Gasteiger partial charge in [-0.1, -0.05) is 30.0 Å². The molecule has 0 bridgehead atoms. The molecule has 6 aromatic rings. The van der Waals surface area contributed by atoms with Crippen molar-refractivity contribution in [1.29, 1.82) is 0 Å². The molecule has 0 amide bonds. The van der Waals surface area contributed by atoms with Crippen LogP contribution in [0.4, 0.5) is 46.8 Å². The van der Waals surface area contributed by atoms with Crippen molar-refractivity contribution in [2.45, 2.75) is 58.3 Å². The summed E-state index contributed by atoms with van der Waals surface area (Å²) in [6.07, 6.45) is -8.00. The molecule has 336 valence electrons. The summed E-state index contributed by atoms with van der Waals surface area (Å²) in [7, 11) is 0. The zero-order valence-corrected chi connectivity index (χ0v) is 33.9. The first kappa shape index (κ1) is 47.9. The van der Waals surface area contributed by atoms with Crippen LogP contribution in [0.1, 0.15) is 68.9 Å². The molecule has 5 N–H and O–H groups in total.